The Kier molecular flexibility index (Phi) is 6.86. The van der Waals surface area contributed by atoms with Crippen LogP contribution in [0.5, 0.6) is 0 Å². The molecule has 0 spiro atoms. The first-order chi connectivity index (χ1) is 7.06. The van der Waals surface area contributed by atoms with E-state index in [4.69, 9.17) is 4.74 Å². The molecule has 0 amide bonds. The van der Waals surface area contributed by atoms with Crippen molar-refractivity contribution in [3.05, 3.63) is 12.2 Å². The molecule has 1 atom stereocenters. The Morgan fingerprint density at radius 3 is 2.13 bits per heavy atom. The highest BCUT2D eigenvalue weighted by molar-refractivity contribution is 5.01. The summed E-state index contributed by atoms with van der Waals surface area (Å²) in [7, 11) is 2.01. The van der Waals surface area contributed by atoms with Gasteiger partial charge < -0.3 is 10.1 Å². The van der Waals surface area contributed by atoms with Crippen LogP contribution < -0.4 is 5.32 Å². The molecule has 0 aromatic carbocycles. The summed E-state index contributed by atoms with van der Waals surface area (Å²) in [6.07, 6.45) is 3.06. The monoisotopic (exact) mass is 213 g/mol. The van der Waals surface area contributed by atoms with Crippen molar-refractivity contribution in [1.29, 1.82) is 0 Å². The van der Waals surface area contributed by atoms with E-state index in [1.165, 1.54) is 5.57 Å². The lowest BCUT2D eigenvalue weighted by molar-refractivity contribution is -0.0703. The Balaban J connectivity index is 4.73. The lowest BCUT2D eigenvalue weighted by Crippen LogP contribution is -2.51. The molecule has 0 aliphatic carbocycles. The molecule has 1 unspecified atom stereocenters. The first kappa shape index (κ1) is 14.7. The molecular formula is C13H27NO. The molecule has 15 heavy (non-hydrogen) atoms. The van der Waals surface area contributed by atoms with Crippen molar-refractivity contribution in [1.82, 2.24) is 5.32 Å². The Morgan fingerprint density at radius 1 is 1.33 bits per heavy atom. The molecule has 2 heteroatoms. The predicted molar refractivity (Wildman–Crippen MR) is 67.2 cm³/mol. The second-order valence-corrected chi connectivity index (χ2v) is 4.21. The largest absolute Gasteiger partial charge is 0.374 e. The maximum atomic E-state index is 5.98. The Hall–Kier alpha value is -0.340. The van der Waals surface area contributed by atoms with Gasteiger partial charge in [0.05, 0.1) is 5.60 Å². The molecule has 1 N–H and O–H groups in total. The van der Waals surface area contributed by atoms with E-state index in [2.05, 4.69) is 39.6 Å². The van der Waals surface area contributed by atoms with E-state index in [0.29, 0.717) is 6.04 Å². The van der Waals surface area contributed by atoms with E-state index in [0.717, 1.165) is 25.9 Å². The molecule has 0 bridgehead atoms. The smallest absolute Gasteiger partial charge is 0.0832 e. The molecule has 0 rings (SSSR count). The Bertz CT molecular complexity index is 185. The molecule has 0 saturated heterocycles. The third-order valence-electron chi connectivity index (χ3n) is 3.16. The van der Waals surface area contributed by atoms with Crippen molar-refractivity contribution >= 4 is 0 Å². The highest BCUT2D eigenvalue weighted by Gasteiger charge is 2.35. The number of ether oxygens (including phenoxy) is 1. The van der Waals surface area contributed by atoms with E-state index in [-0.39, 0.29) is 5.60 Å². The van der Waals surface area contributed by atoms with Gasteiger partial charge >= 0.3 is 0 Å². The van der Waals surface area contributed by atoms with Crippen LogP contribution in [-0.2, 0) is 4.74 Å². The summed E-state index contributed by atoms with van der Waals surface area (Å²) in [6.45, 7) is 13.3. The lowest BCUT2D eigenvalue weighted by atomic mass is 9.84. The molecular weight excluding hydrogens is 186 g/mol. The van der Waals surface area contributed by atoms with E-state index in [9.17, 15) is 0 Å². The van der Waals surface area contributed by atoms with Crippen LogP contribution >= 0.6 is 0 Å². The van der Waals surface area contributed by atoms with Gasteiger partial charge in [0.25, 0.3) is 0 Å². The highest BCUT2D eigenvalue weighted by atomic mass is 16.5. The standard InChI is InChI=1S/C13H27NO/c1-7-13(8-2,15-9-3)12(14-6)10-11(4)5/h12,14H,4,7-10H2,1-3,5-6H3. The fraction of sp³-hybridized carbons (Fsp3) is 0.846. The number of hydrogen-bond donors (Lipinski definition) is 1. The normalized spacial score (nSPS) is 13.9. The summed E-state index contributed by atoms with van der Waals surface area (Å²) in [5.41, 5.74) is 1.17. The van der Waals surface area contributed by atoms with Gasteiger partial charge in [-0.15, -0.1) is 6.58 Å². The van der Waals surface area contributed by atoms with Crippen LogP contribution in [0.1, 0.15) is 47.0 Å². The first-order valence-electron chi connectivity index (χ1n) is 6.01. The van der Waals surface area contributed by atoms with Crippen LogP contribution in [0, 0.1) is 0 Å². The zero-order valence-electron chi connectivity index (χ0n) is 11.0. The zero-order chi connectivity index (χ0) is 11.9. The maximum Gasteiger partial charge on any atom is 0.0832 e. The minimum absolute atomic E-state index is 0.0392. The quantitative estimate of drug-likeness (QED) is 0.625. The topological polar surface area (TPSA) is 21.3 Å². The van der Waals surface area contributed by atoms with Crippen molar-refractivity contribution in [2.45, 2.75) is 58.6 Å². The summed E-state index contributed by atoms with van der Waals surface area (Å²) >= 11 is 0. The third kappa shape index (κ3) is 3.96. The molecule has 2 nitrogen and oxygen atoms in total. The fourth-order valence-electron chi connectivity index (χ4n) is 2.23. The van der Waals surface area contributed by atoms with Gasteiger partial charge in [0.15, 0.2) is 0 Å². The van der Waals surface area contributed by atoms with Crippen LogP contribution in [-0.4, -0.2) is 25.3 Å². The SMILES string of the molecule is C=C(C)CC(NC)C(CC)(CC)OCC. The Morgan fingerprint density at radius 2 is 1.87 bits per heavy atom. The Labute approximate surface area is 95.1 Å². The zero-order valence-corrected chi connectivity index (χ0v) is 11.0. The van der Waals surface area contributed by atoms with Crippen LogP contribution in [0.4, 0.5) is 0 Å². The van der Waals surface area contributed by atoms with Gasteiger partial charge in [-0.05, 0) is 40.2 Å². The summed E-state index contributed by atoms with van der Waals surface area (Å²) < 4.78 is 5.98. The molecule has 0 fully saturated rings. The van der Waals surface area contributed by atoms with Crippen LogP contribution in [0.25, 0.3) is 0 Å². The average molecular weight is 213 g/mol. The van der Waals surface area contributed by atoms with E-state index in [1.807, 2.05) is 7.05 Å². The van der Waals surface area contributed by atoms with Gasteiger partial charge in [-0.1, -0.05) is 19.4 Å². The third-order valence-corrected chi connectivity index (χ3v) is 3.16. The van der Waals surface area contributed by atoms with Crippen molar-refractivity contribution in [2.24, 2.45) is 0 Å². The van der Waals surface area contributed by atoms with Gasteiger partial charge in [-0.3, -0.25) is 0 Å². The van der Waals surface area contributed by atoms with Crippen LogP contribution in [0.3, 0.4) is 0 Å². The summed E-state index contributed by atoms with van der Waals surface area (Å²) in [5.74, 6) is 0. The van der Waals surface area contributed by atoms with Crippen LogP contribution in [0.15, 0.2) is 12.2 Å². The lowest BCUT2D eigenvalue weighted by Gasteiger charge is -2.39. The molecule has 0 saturated carbocycles. The molecule has 0 aromatic heterocycles. The second-order valence-electron chi connectivity index (χ2n) is 4.21. The van der Waals surface area contributed by atoms with Gasteiger partial charge in [0, 0.05) is 12.6 Å². The molecule has 0 heterocycles. The second kappa shape index (κ2) is 7.02. The molecule has 0 radical (unpaired) electrons. The summed E-state index contributed by atoms with van der Waals surface area (Å²) in [6, 6.07) is 0.366. The van der Waals surface area contributed by atoms with E-state index >= 15 is 0 Å². The van der Waals surface area contributed by atoms with Gasteiger partial charge in [0.1, 0.15) is 0 Å². The minimum atomic E-state index is -0.0392. The minimum Gasteiger partial charge on any atom is -0.374 e. The highest BCUT2D eigenvalue weighted by Crippen LogP contribution is 2.28. The predicted octanol–water partition coefficient (Wildman–Crippen LogP) is 3.14. The van der Waals surface area contributed by atoms with Gasteiger partial charge in [-0.2, -0.15) is 0 Å². The first-order valence-corrected chi connectivity index (χ1v) is 6.01. The maximum absolute atomic E-state index is 5.98. The number of rotatable bonds is 8. The average Bonchev–Trinajstić information content (AvgIpc) is 2.23. The van der Waals surface area contributed by atoms with E-state index in [1.54, 1.807) is 0 Å². The van der Waals surface area contributed by atoms with Gasteiger partial charge in [-0.25, -0.2) is 0 Å². The summed E-state index contributed by atoms with van der Waals surface area (Å²) in [5, 5.41) is 3.38. The van der Waals surface area contributed by atoms with E-state index < -0.39 is 0 Å². The van der Waals surface area contributed by atoms with Crippen molar-refractivity contribution in [2.75, 3.05) is 13.7 Å². The molecule has 0 aromatic rings. The molecule has 90 valence electrons. The van der Waals surface area contributed by atoms with Gasteiger partial charge in [0.2, 0.25) is 0 Å². The molecule has 0 aliphatic heterocycles. The van der Waals surface area contributed by atoms with Crippen LogP contribution in [0.2, 0.25) is 0 Å². The van der Waals surface area contributed by atoms with Crippen molar-refractivity contribution in [3.63, 3.8) is 0 Å². The fourth-order valence-corrected chi connectivity index (χ4v) is 2.23. The number of hydrogen-bond acceptors (Lipinski definition) is 2. The number of nitrogens with one attached hydrogen (secondary N) is 1. The number of likely N-dealkylation sites (N-methyl/N-ethyl adjacent to an activating group) is 1. The van der Waals surface area contributed by atoms with Crippen molar-refractivity contribution in [3.8, 4) is 0 Å². The summed E-state index contributed by atoms with van der Waals surface area (Å²) in [4.78, 5) is 0. The molecule has 0 aliphatic rings. The van der Waals surface area contributed by atoms with Crippen molar-refractivity contribution < 1.29 is 4.74 Å².